The van der Waals surface area contributed by atoms with Gasteiger partial charge in [0, 0.05) is 5.56 Å². The zero-order valence-electron chi connectivity index (χ0n) is 11.3. The van der Waals surface area contributed by atoms with Crippen molar-refractivity contribution in [1.82, 2.24) is 0 Å². The van der Waals surface area contributed by atoms with Gasteiger partial charge >= 0.3 is 5.97 Å². The van der Waals surface area contributed by atoms with Crippen LogP contribution >= 0.6 is 22.9 Å². The minimum absolute atomic E-state index is 0.337. The number of thiophene rings is 1. The number of methoxy groups -OCH3 is 2. The number of amides is 1. The van der Waals surface area contributed by atoms with Crippen LogP contribution in [0.3, 0.4) is 0 Å². The largest absolute Gasteiger partial charge is 0.495 e. The second kappa shape index (κ2) is 6.60. The first-order valence-corrected chi connectivity index (χ1v) is 7.13. The fraction of sp³-hybridized carbons (Fsp3) is 0.143. The Bertz CT molecular complexity index is 683. The topological polar surface area (TPSA) is 64.6 Å². The molecule has 0 saturated heterocycles. The van der Waals surface area contributed by atoms with Crippen molar-refractivity contribution in [2.75, 3.05) is 19.5 Å². The fourth-order valence-corrected chi connectivity index (χ4v) is 2.68. The number of rotatable bonds is 4. The zero-order chi connectivity index (χ0) is 15.4. The zero-order valence-corrected chi connectivity index (χ0v) is 12.9. The fourth-order valence-electron chi connectivity index (χ4n) is 1.66. The highest BCUT2D eigenvalue weighted by molar-refractivity contribution is 7.12. The Morgan fingerprint density at radius 3 is 2.62 bits per heavy atom. The lowest BCUT2D eigenvalue weighted by Crippen LogP contribution is -2.14. The summed E-state index contributed by atoms with van der Waals surface area (Å²) >= 11 is 7.18. The highest BCUT2D eigenvalue weighted by Gasteiger charge is 2.17. The van der Waals surface area contributed by atoms with Gasteiger partial charge in [0.05, 0.1) is 24.9 Å². The number of hydrogen-bond donors (Lipinski definition) is 1. The number of halogens is 1. The van der Waals surface area contributed by atoms with E-state index in [0.29, 0.717) is 26.9 Å². The summed E-state index contributed by atoms with van der Waals surface area (Å²) in [6.07, 6.45) is 0. The molecule has 0 radical (unpaired) electrons. The standard InChI is InChI=1S/C14H12ClNO4S/c1-19-11-4-3-8(7-9(11)15)13(17)16-10-5-6-21-12(10)14(18)20-2/h3-7H,1-2H3,(H,16,17). The van der Waals surface area contributed by atoms with Gasteiger partial charge < -0.3 is 14.8 Å². The van der Waals surface area contributed by atoms with Crippen LogP contribution in [0.15, 0.2) is 29.6 Å². The summed E-state index contributed by atoms with van der Waals surface area (Å²) in [4.78, 5) is 24.1. The normalized spacial score (nSPS) is 10.0. The molecule has 0 aliphatic heterocycles. The molecule has 0 unspecified atom stereocenters. The van der Waals surface area contributed by atoms with Crippen molar-refractivity contribution in [3.8, 4) is 5.75 Å². The summed E-state index contributed by atoms with van der Waals surface area (Å²) in [6.45, 7) is 0. The highest BCUT2D eigenvalue weighted by atomic mass is 35.5. The van der Waals surface area contributed by atoms with Crippen LogP contribution in [0.1, 0.15) is 20.0 Å². The van der Waals surface area contributed by atoms with Crippen molar-refractivity contribution in [3.63, 3.8) is 0 Å². The number of anilines is 1. The molecule has 0 aliphatic carbocycles. The summed E-state index contributed by atoms with van der Waals surface area (Å²) in [6, 6.07) is 6.33. The number of ether oxygens (including phenoxy) is 2. The van der Waals surface area contributed by atoms with Gasteiger partial charge in [0.2, 0.25) is 0 Å². The molecule has 1 amide bonds. The summed E-state index contributed by atoms with van der Waals surface area (Å²) in [5, 5.41) is 4.69. The first-order chi connectivity index (χ1) is 10.1. The number of esters is 1. The first-order valence-electron chi connectivity index (χ1n) is 5.87. The lowest BCUT2D eigenvalue weighted by molar-refractivity contribution is 0.0607. The van der Waals surface area contributed by atoms with Crippen molar-refractivity contribution < 1.29 is 19.1 Å². The van der Waals surface area contributed by atoms with E-state index < -0.39 is 5.97 Å². The van der Waals surface area contributed by atoms with E-state index in [0.717, 1.165) is 0 Å². The monoisotopic (exact) mass is 325 g/mol. The van der Waals surface area contributed by atoms with Gasteiger partial charge in [-0.2, -0.15) is 0 Å². The van der Waals surface area contributed by atoms with E-state index in [4.69, 9.17) is 16.3 Å². The van der Waals surface area contributed by atoms with Crippen molar-refractivity contribution in [2.24, 2.45) is 0 Å². The molecule has 1 aromatic heterocycles. The SMILES string of the molecule is COC(=O)c1sccc1NC(=O)c1ccc(OC)c(Cl)c1. The predicted octanol–water partition coefficient (Wildman–Crippen LogP) is 3.45. The van der Waals surface area contributed by atoms with Crippen LogP contribution in [0.4, 0.5) is 5.69 Å². The molecule has 2 aromatic rings. The van der Waals surface area contributed by atoms with Gasteiger partial charge in [0.25, 0.3) is 5.91 Å². The Morgan fingerprint density at radius 1 is 1.24 bits per heavy atom. The third-order valence-corrected chi connectivity index (χ3v) is 3.89. The molecule has 5 nitrogen and oxygen atoms in total. The minimum Gasteiger partial charge on any atom is -0.495 e. The van der Waals surface area contributed by atoms with E-state index >= 15 is 0 Å². The Kier molecular flexibility index (Phi) is 4.82. The second-order valence-electron chi connectivity index (χ2n) is 3.96. The summed E-state index contributed by atoms with van der Waals surface area (Å²) in [7, 11) is 2.78. The van der Waals surface area contributed by atoms with Gasteiger partial charge in [-0.1, -0.05) is 11.6 Å². The first kappa shape index (κ1) is 15.3. The number of nitrogens with one attached hydrogen (secondary N) is 1. The molecule has 110 valence electrons. The molecular weight excluding hydrogens is 314 g/mol. The molecule has 0 saturated carbocycles. The van der Waals surface area contributed by atoms with Gasteiger partial charge in [-0.25, -0.2) is 4.79 Å². The predicted molar refractivity (Wildman–Crippen MR) is 81.6 cm³/mol. The molecule has 0 bridgehead atoms. The maximum atomic E-state index is 12.2. The number of benzene rings is 1. The molecule has 1 aromatic carbocycles. The molecule has 1 heterocycles. The van der Waals surface area contributed by atoms with Crippen LogP contribution in [0.5, 0.6) is 5.75 Å². The van der Waals surface area contributed by atoms with Gasteiger partial charge in [-0.3, -0.25) is 4.79 Å². The average molecular weight is 326 g/mol. The maximum Gasteiger partial charge on any atom is 0.350 e. The van der Waals surface area contributed by atoms with Gasteiger partial charge in [-0.05, 0) is 29.6 Å². The van der Waals surface area contributed by atoms with Crippen LogP contribution in [-0.2, 0) is 4.74 Å². The highest BCUT2D eigenvalue weighted by Crippen LogP contribution is 2.27. The van der Waals surface area contributed by atoms with E-state index in [1.165, 1.54) is 31.6 Å². The van der Waals surface area contributed by atoms with Crippen LogP contribution in [0.25, 0.3) is 0 Å². The molecule has 0 spiro atoms. The maximum absolute atomic E-state index is 12.2. The second-order valence-corrected chi connectivity index (χ2v) is 5.28. The summed E-state index contributed by atoms with van der Waals surface area (Å²) < 4.78 is 9.68. The number of carbonyl (C=O) groups is 2. The third-order valence-electron chi connectivity index (χ3n) is 2.70. The van der Waals surface area contributed by atoms with Gasteiger partial charge in [0.1, 0.15) is 10.6 Å². The average Bonchev–Trinajstić information content (AvgIpc) is 2.94. The summed E-state index contributed by atoms with van der Waals surface area (Å²) in [5.74, 6) is -0.379. The van der Waals surface area contributed by atoms with Crippen molar-refractivity contribution in [1.29, 1.82) is 0 Å². The van der Waals surface area contributed by atoms with Crippen molar-refractivity contribution in [2.45, 2.75) is 0 Å². The molecule has 2 rings (SSSR count). The van der Waals surface area contributed by atoms with Gasteiger partial charge in [-0.15, -0.1) is 11.3 Å². The van der Waals surface area contributed by atoms with Crippen LogP contribution in [0.2, 0.25) is 5.02 Å². The quantitative estimate of drug-likeness (QED) is 0.874. The van der Waals surface area contributed by atoms with Crippen molar-refractivity contribution >= 4 is 40.5 Å². The third kappa shape index (κ3) is 3.34. The van der Waals surface area contributed by atoms with Gasteiger partial charge in [0.15, 0.2) is 0 Å². The Hall–Kier alpha value is -2.05. The van der Waals surface area contributed by atoms with Crippen LogP contribution in [0, 0.1) is 0 Å². The molecule has 0 atom stereocenters. The smallest absolute Gasteiger partial charge is 0.350 e. The Balaban J connectivity index is 2.21. The molecule has 21 heavy (non-hydrogen) atoms. The van der Waals surface area contributed by atoms with E-state index in [9.17, 15) is 9.59 Å². The van der Waals surface area contributed by atoms with E-state index in [1.54, 1.807) is 23.6 Å². The van der Waals surface area contributed by atoms with Crippen LogP contribution in [-0.4, -0.2) is 26.1 Å². The van der Waals surface area contributed by atoms with E-state index in [1.807, 2.05) is 0 Å². The molecule has 0 aliphatic rings. The summed E-state index contributed by atoms with van der Waals surface area (Å²) in [5.41, 5.74) is 0.770. The number of carbonyl (C=O) groups excluding carboxylic acids is 2. The molecule has 0 fully saturated rings. The Morgan fingerprint density at radius 2 is 2.00 bits per heavy atom. The van der Waals surface area contributed by atoms with E-state index in [-0.39, 0.29) is 5.91 Å². The van der Waals surface area contributed by atoms with E-state index in [2.05, 4.69) is 10.1 Å². The van der Waals surface area contributed by atoms with Crippen molar-refractivity contribution in [3.05, 3.63) is 45.1 Å². The molecule has 1 N–H and O–H groups in total. The molecular formula is C14H12ClNO4S. The lowest BCUT2D eigenvalue weighted by Gasteiger charge is -2.07. The minimum atomic E-state index is -0.493. The number of hydrogen-bond acceptors (Lipinski definition) is 5. The lowest BCUT2D eigenvalue weighted by atomic mass is 10.2. The Labute approximate surface area is 130 Å². The van der Waals surface area contributed by atoms with Crippen LogP contribution < -0.4 is 10.1 Å². The molecule has 7 heteroatoms.